The van der Waals surface area contributed by atoms with E-state index in [0.29, 0.717) is 0 Å². The molecule has 2 aromatic rings. The van der Waals surface area contributed by atoms with Gasteiger partial charge in [0, 0.05) is 11.2 Å². The summed E-state index contributed by atoms with van der Waals surface area (Å²) in [5.41, 5.74) is 2.99. The SMILES string of the molecule is CC(C)(C)CC(C)(C)NC(=O)Nc1ccc(-c2ccccc2)cc1. The highest BCUT2D eigenvalue weighted by Crippen LogP contribution is 2.27. The first-order chi connectivity index (χ1) is 11.1. The fraction of sp³-hybridized carbons (Fsp3) is 0.381. The van der Waals surface area contributed by atoms with E-state index < -0.39 is 0 Å². The lowest BCUT2D eigenvalue weighted by atomic mass is 9.82. The quantitative estimate of drug-likeness (QED) is 0.745. The number of amides is 2. The molecule has 0 bridgehead atoms. The fourth-order valence-electron chi connectivity index (χ4n) is 3.22. The summed E-state index contributed by atoms with van der Waals surface area (Å²) in [5.74, 6) is 0. The van der Waals surface area contributed by atoms with E-state index in [4.69, 9.17) is 0 Å². The van der Waals surface area contributed by atoms with Gasteiger partial charge in [0.2, 0.25) is 0 Å². The number of hydrogen-bond donors (Lipinski definition) is 2. The molecular formula is C21H28N2O. The number of carbonyl (C=O) groups excluding carboxylic acids is 1. The summed E-state index contributed by atoms with van der Waals surface area (Å²) in [6.45, 7) is 10.6. The predicted molar refractivity (Wildman–Crippen MR) is 102 cm³/mol. The van der Waals surface area contributed by atoms with Crippen molar-refractivity contribution in [2.75, 3.05) is 5.32 Å². The third-order valence-corrected chi connectivity index (χ3v) is 3.67. The molecule has 0 unspecified atom stereocenters. The number of nitrogens with one attached hydrogen (secondary N) is 2. The molecule has 0 aliphatic rings. The second kappa shape index (κ2) is 7.08. The zero-order valence-electron chi connectivity index (χ0n) is 15.3. The van der Waals surface area contributed by atoms with Gasteiger partial charge in [0.25, 0.3) is 0 Å². The Labute approximate surface area is 145 Å². The molecule has 128 valence electrons. The number of rotatable bonds is 4. The van der Waals surface area contributed by atoms with Crippen LogP contribution in [0.25, 0.3) is 11.1 Å². The molecule has 0 radical (unpaired) electrons. The Morgan fingerprint density at radius 3 is 1.92 bits per heavy atom. The third kappa shape index (κ3) is 5.73. The van der Waals surface area contributed by atoms with Crippen LogP contribution in [-0.4, -0.2) is 11.6 Å². The zero-order chi connectivity index (χ0) is 17.8. The lowest BCUT2D eigenvalue weighted by molar-refractivity contribution is 0.220. The number of benzene rings is 2. The Balaban J connectivity index is 1.97. The minimum Gasteiger partial charge on any atom is -0.333 e. The molecule has 0 aliphatic carbocycles. The van der Waals surface area contributed by atoms with E-state index in [1.54, 1.807) is 0 Å². The molecule has 3 nitrogen and oxygen atoms in total. The van der Waals surface area contributed by atoms with E-state index in [0.717, 1.165) is 17.7 Å². The lowest BCUT2D eigenvalue weighted by Crippen LogP contribution is -2.47. The Hall–Kier alpha value is -2.29. The van der Waals surface area contributed by atoms with Crippen molar-refractivity contribution in [3.63, 3.8) is 0 Å². The van der Waals surface area contributed by atoms with Gasteiger partial charge in [-0.2, -0.15) is 0 Å². The Bertz CT molecular complexity index is 667. The molecule has 0 saturated carbocycles. The van der Waals surface area contributed by atoms with Gasteiger partial charge in [0.1, 0.15) is 0 Å². The molecule has 0 spiro atoms. The Kier molecular flexibility index (Phi) is 5.33. The molecule has 0 atom stereocenters. The van der Waals surface area contributed by atoms with Gasteiger partial charge in [0.05, 0.1) is 0 Å². The first kappa shape index (κ1) is 18.1. The summed E-state index contributed by atoms with van der Waals surface area (Å²) in [6, 6.07) is 17.9. The van der Waals surface area contributed by atoms with E-state index in [-0.39, 0.29) is 17.0 Å². The van der Waals surface area contributed by atoms with E-state index in [1.807, 2.05) is 42.5 Å². The minimum atomic E-state index is -0.258. The van der Waals surface area contributed by atoms with Crippen molar-refractivity contribution in [3.8, 4) is 11.1 Å². The van der Waals surface area contributed by atoms with Crippen LogP contribution in [0.15, 0.2) is 54.6 Å². The maximum Gasteiger partial charge on any atom is 0.319 e. The van der Waals surface area contributed by atoms with Crippen molar-refractivity contribution in [3.05, 3.63) is 54.6 Å². The van der Waals surface area contributed by atoms with E-state index in [9.17, 15) is 4.79 Å². The minimum absolute atomic E-state index is 0.161. The van der Waals surface area contributed by atoms with E-state index in [2.05, 4.69) is 57.4 Å². The molecule has 24 heavy (non-hydrogen) atoms. The number of hydrogen-bond acceptors (Lipinski definition) is 1. The predicted octanol–water partition coefficient (Wildman–Crippen LogP) is 5.69. The molecule has 0 saturated heterocycles. The van der Waals surface area contributed by atoms with Crippen LogP contribution in [0, 0.1) is 5.41 Å². The second-order valence-electron chi connectivity index (χ2n) is 8.14. The average molecular weight is 324 g/mol. The summed E-state index contributed by atoms with van der Waals surface area (Å²) in [6.07, 6.45) is 0.903. The van der Waals surface area contributed by atoms with Gasteiger partial charge in [-0.15, -0.1) is 0 Å². The smallest absolute Gasteiger partial charge is 0.319 e. The highest BCUT2D eigenvalue weighted by molar-refractivity contribution is 5.90. The largest absolute Gasteiger partial charge is 0.333 e. The van der Waals surface area contributed by atoms with Gasteiger partial charge in [-0.25, -0.2) is 4.79 Å². The zero-order valence-corrected chi connectivity index (χ0v) is 15.3. The summed E-state index contributed by atoms with van der Waals surface area (Å²) < 4.78 is 0. The van der Waals surface area contributed by atoms with E-state index in [1.165, 1.54) is 5.56 Å². The normalized spacial score (nSPS) is 11.9. The van der Waals surface area contributed by atoms with Gasteiger partial charge in [-0.3, -0.25) is 0 Å². The van der Waals surface area contributed by atoms with Crippen LogP contribution in [0.5, 0.6) is 0 Å². The summed E-state index contributed by atoms with van der Waals surface area (Å²) in [7, 11) is 0. The topological polar surface area (TPSA) is 41.1 Å². The van der Waals surface area contributed by atoms with Crippen molar-refractivity contribution < 1.29 is 4.79 Å². The monoisotopic (exact) mass is 324 g/mol. The molecule has 3 heteroatoms. The third-order valence-electron chi connectivity index (χ3n) is 3.67. The van der Waals surface area contributed by atoms with Gasteiger partial charge < -0.3 is 10.6 Å². The molecule has 0 fully saturated rings. The van der Waals surface area contributed by atoms with Gasteiger partial charge in [-0.1, -0.05) is 63.2 Å². The molecule has 0 aromatic heterocycles. The van der Waals surface area contributed by atoms with Gasteiger partial charge in [-0.05, 0) is 48.9 Å². The molecular weight excluding hydrogens is 296 g/mol. The van der Waals surface area contributed by atoms with Gasteiger partial charge >= 0.3 is 6.03 Å². The first-order valence-corrected chi connectivity index (χ1v) is 8.39. The maximum atomic E-state index is 12.2. The summed E-state index contributed by atoms with van der Waals surface area (Å²) in [4.78, 5) is 12.2. The highest BCUT2D eigenvalue weighted by atomic mass is 16.2. The standard InChI is InChI=1S/C21H28N2O/c1-20(2,3)15-21(4,5)23-19(24)22-18-13-11-17(12-14-18)16-9-7-6-8-10-16/h6-14H,15H2,1-5H3,(H2,22,23,24). The van der Waals surface area contributed by atoms with Crippen LogP contribution in [0.4, 0.5) is 10.5 Å². The Morgan fingerprint density at radius 2 is 1.38 bits per heavy atom. The number of urea groups is 1. The van der Waals surface area contributed by atoms with Crippen LogP contribution in [0.3, 0.4) is 0 Å². The Morgan fingerprint density at radius 1 is 0.833 bits per heavy atom. The molecule has 2 amide bonds. The van der Waals surface area contributed by atoms with Crippen LogP contribution < -0.4 is 10.6 Å². The maximum absolute atomic E-state index is 12.2. The fourth-order valence-corrected chi connectivity index (χ4v) is 3.22. The van der Waals surface area contributed by atoms with Crippen LogP contribution >= 0.6 is 0 Å². The van der Waals surface area contributed by atoms with Gasteiger partial charge in [0.15, 0.2) is 0 Å². The van der Waals surface area contributed by atoms with Crippen molar-refractivity contribution in [1.29, 1.82) is 0 Å². The number of carbonyl (C=O) groups is 1. The summed E-state index contributed by atoms with van der Waals surface area (Å²) >= 11 is 0. The van der Waals surface area contributed by atoms with Crippen molar-refractivity contribution in [2.45, 2.75) is 46.6 Å². The van der Waals surface area contributed by atoms with Crippen molar-refractivity contribution in [2.24, 2.45) is 5.41 Å². The molecule has 0 heterocycles. The molecule has 2 aromatic carbocycles. The number of anilines is 1. The molecule has 2 N–H and O–H groups in total. The lowest BCUT2D eigenvalue weighted by Gasteiger charge is -2.33. The first-order valence-electron chi connectivity index (χ1n) is 8.39. The van der Waals surface area contributed by atoms with Crippen LogP contribution in [-0.2, 0) is 0 Å². The van der Waals surface area contributed by atoms with Crippen LogP contribution in [0.1, 0.15) is 41.0 Å². The molecule has 0 aliphatic heterocycles. The van der Waals surface area contributed by atoms with Crippen LogP contribution in [0.2, 0.25) is 0 Å². The van der Waals surface area contributed by atoms with E-state index >= 15 is 0 Å². The summed E-state index contributed by atoms with van der Waals surface area (Å²) in [5, 5.41) is 5.97. The average Bonchev–Trinajstić information content (AvgIpc) is 2.45. The second-order valence-corrected chi connectivity index (χ2v) is 8.14. The highest BCUT2D eigenvalue weighted by Gasteiger charge is 2.26. The molecule has 2 rings (SSSR count). The van der Waals surface area contributed by atoms with Crippen molar-refractivity contribution >= 4 is 11.7 Å². The van der Waals surface area contributed by atoms with Crippen molar-refractivity contribution in [1.82, 2.24) is 5.32 Å².